The maximum atomic E-state index is 12.2. The van der Waals surface area contributed by atoms with Crippen molar-refractivity contribution in [3.8, 4) is 0 Å². The van der Waals surface area contributed by atoms with E-state index in [0.717, 1.165) is 31.7 Å². The topological polar surface area (TPSA) is 74.3 Å². The largest absolute Gasteiger partial charge is 0.357 e. The Hall–Kier alpha value is -2.89. The maximum absolute atomic E-state index is 12.2. The molecule has 3 rings (SSSR count). The molecule has 0 saturated carbocycles. The van der Waals surface area contributed by atoms with E-state index in [-0.39, 0.29) is 17.7 Å². The molecule has 0 radical (unpaired) electrons. The van der Waals surface area contributed by atoms with Gasteiger partial charge < -0.3 is 4.90 Å². The molecule has 0 aliphatic carbocycles. The molecular weight excluding hydrogens is 304 g/mol. The number of amides is 2. The van der Waals surface area contributed by atoms with Crippen molar-refractivity contribution in [1.29, 1.82) is 0 Å². The lowest BCUT2D eigenvalue weighted by Gasteiger charge is -2.32. The van der Waals surface area contributed by atoms with Gasteiger partial charge in [0.2, 0.25) is 5.91 Å². The van der Waals surface area contributed by atoms with Gasteiger partial charge in [-0.15, -0.1) is 0 Å². The summed E-state index contributed by atoms with van der Waals surface area (Å²) in [6.45, 7) is 1.56. The summed E-state index contributed by atoms with van der Waals surface area (Å²) in [4.78, 5) is 30.7. The van der Waals surface area contributed by atoms with E-state index in [1.54, 1.807) is 30.5 Å². The molecule has 0 spiro atoms. The molecule has 1 fully saturated rings. The Morgan fingerprint density at radius 2 is 1.67 bits per heavy atom. The molecular formula is C18H20N4O2. The number of carbonyl (C=O) groups excluding carboxylic acids is 2. The predicted octanol–water partition coefficient (Wildman–Crippen LogP) is 1.76. The molecule has 124 valence electrons. The zero-order valence-corrected chi connectivity index (χ0v) is 13.3. The summed E-state index contributed by atoms with van der Waals surface area (Å²) in [6.07, 6.45) is 3.25. The minimum atomic E-state index is -0.310. The third-order valence-electron chi connectivity index (χ3n) is 4.17. The van der Waals surface area contributed by atoms with Crippen LogP contribution < -0.4 is 15.8 Å². The second-order valence-corrected chi connectivity index (χ2v) is 5.76. The quantitative estimate of drug-likeness (QED) is 0.844. The van der Waals surface area contributed by atoms with Gasteiger partial charge in [0.1, 0.15) is 5.82 Å². The number of rotatable bonds is 3. The lowest BCUT2D eigenvalue weighted by Crippen LogP contribution is -2.47. The van der Waals surface area contributed by atoms with Crippen LogP contribution in [-0.2, 0) is 4.79 Å². The Balaban J connectivity index is 1.46. The minimum absolute atomic E-state index is 0.0963. The number of carbonyl (C=O) groups is 2. The van der Waals surface area contributed by atoms with Gasteiger partial charge in [0.05, 0.1) is 0 Å². The van der Waals surface area contributed by atoms with E-state index in [2.05, 4.69) is 20.7 Å². The normalized spacial score (nSPS) is 14.9. The van der Waals surface area contributed by atoms with Crippen LogP contribution in [0.4, 0.5) is 5.82 Å². The molecule has 0 bridgehead atoms. The number of hydrogen-bond acceptors (Lipinski definition) is 4. The highest BCUT2D eigenvalue weighted by Crippen LogP contribution is 2.21. The number of piperidine rings is 1. The van der Waals surface area contributed by atoms with Crippen molar-refractivity contribution >= 4 is 17.6 Å². The van der Waals surface area contributed by atoms with E-state index in [1.807, 2.05) is 24.3 Å². The van der Waals surface area contributed by atoms with Gasteiger partial charge in [-0.3, -0.25) is 20.4 Å². The molecule has 2 N–H and O–H groups in total. The van der Waals surface area contributed by atoms with E-state index in [4.69, 9.17) is 0 Å². The van der Waals surface area contributed by atoms with Crippen LogP contribution in [0.25, 0.3) is 0 Å². The first-order valence-corrected chi connectivity index (χ1v) is 8.05. The molecule has 2 heterocycles. The first kappa shape index (κ1) is 16.0. The van der Waals surface area contributed by atoms with Crippen molar-refractivity contribution in [2.24, 2.45) is 5.92 Å². The second kappa shape index (κ2) is 7.59. The Morgan fingerprint density at radius 1 is 0.958 bits per heavy atom. The van der Waals surface area contributed by atoms with Crippen molar-refractivity contribution in [2.45, 2.75) is 12.8 Å². The summed E-state index contributed by atoms with van der Waals surface area (Å²) < 4.78 is 0. The molecule has 1 aliphatic rings. The van der Waals surface area contributed by atoms with Gasteiger partial charge in [-0.2, -0.15) is 0 Å². The summed E-state index contributed by atoms with van der Waals surface area (Å²) in [6, 6.07) is 14.6. The molecule has 6 nitrogen and oxygen atoms in total. The van der Waals surface area contributed by atoms with Crippen molar-refractivity contribution in [1.82, 2.24) is 15.8 Å². The highest BCUT2D eigenvalue weighted by molar-refractivity contribution is 5.95. The molecule has 1 aliphatic heterocycles. The standard InChI is InChI=1S/C18H20N4O2/c23-17(14-6-2-1-3-7-14)20-21-18(24)15-9-12-22(13-10-15)16-8-4-5-11-19-16/h1-8,11,15H,9-10,12-13H2,(H,20,23)(H,21,24). The third-order valence-corrected chi connectivity index (χ3v) is 4.17. The zero-order chi connectivity index (χ0) is 16.8. The molecule has 0 atom stereocenters. The average molecular weight is 324 g/mol. The van der Waals surface area contributed by atoms with Crippen LogP contribution in [0.1, 0.15) is 23.2 Å². The third kappa shape index (κ3) is 3.90. The van der Waals surface area contributed by atoms with Gasteiger partial charge in [-0.05, 0) is 37.1 Å². The zero-order valence-electron chi connectivity index (χ0n) is 13.3. The number of pyridine rings is 1. The van der Waals surface area contributed by atoms with Crippen LogP contribution in [0, 0.1) is 5.92 Å². The van der Waals surface area contributed by atoms with Crippen LogP contribution in [0.2, 0.25) is 0 Å². The van der Waals surface area contributed by atoms with E-state index in [1.165, 1.54) is 0 Å². The summed E-state index contributed by atoms with van der Waals surface area (Å²) in [5.41, 5.74) is 5.52. The molecule has 2 amide bonds. The average Bonchev–Trinajstić information content (AvgIpc) is 2.67. The number of hydrogen-bond donors (Lipinski definition) is 2. The molecule has 6 heteroatoms. The fourth-order valence-corrected chi connectivity index (χ4v) is 2.79. The Morgan fingerprint density at radius 3 is 2.33 bits per heavy atom. The SMILES string of the molecule is O=C(NNC(=O)C1CCN(c2ccccn2)CC1)c1ccccc1. The fraction of sp³-hybridized carbons (Fsp3) is 0.278. The van der Waals surface area contributed by atoms with Gasteiger partial charge in [0, 0.05) is 30.8 Å². The summed E-state index contributed by atoms with van der Waals surface area (Å²) >= 11 is 0. The predicted molar refractivity (Wildman–Crippen MR) is 91.2 cm³/mol. The summed E-state index contributed by atoms with van der Waals surface area (Å²) in [7, 11) is 0. The Labute approximate surface area is 140 Å². The van der Waals surface area contributed by atoms with Crippen LogP contribution in [0.15, 0.2) is 54.7 Å². The van der Waals surface area contributed by atoms with E-state index in [0.29, 0.717) is 5.56 Å². The van der Waals surface area contributed by atoms with E-state index in [9.17, 15) is 9.59 Å². The number of hydrazine groups is 1. The molecule has 1 aromatic carbocycles. The number of benzene rings is 1. The summed E-state index contributed by atoms with van der Waals surface area (Å²) in [5.74, 6) is 0.393. The molecule has 1 saturated heterocycles. The highest BCUT2D eigenvalue weighted by Gasteiger charge is 2.25. The minimum Gasteiger partial charge on any atom is -0.357 e. The first-order valence-electron chi connectivity index (χ1n) is 8.05. The molecule has 24 heavy (non-hydrogen) atoms. The smallest absolute Gasteiger partial charge is 0.269 e. The Bertz CT molecular complexity index is 683. The van der Waals surface area contributed by atoms with Gasteiger partial charge in [0.25, 0.3) is 5.91 Å². The molecule has 1 aromatic heterocycles. The summed E-state index contributed by atoms with van der Waals surface area (Å²) in [5, 5.41) is 0. The maximum Gasteiger partial charge on any atom is 0.269 e. The van der Waals surface area contributed by atoms with Crippen LogP contribution in [0.5, 0.6) is 0 Å². The number of nitrogens with one attached hydrogen (secondary N) is 2. The van der Waals surface area contributed by atoms with E-state index < -0.39 is 0 Å². The number of anilines is 1. The van der Waals surface area contributed by atoms with Crippen LogP contribution in [0.3, 0.4) is 0 Å². The van der Waals surface area contributed by atoms with E-state index >= 15 is 0 Å². The lowest BCUT2D eigenvalue weighted by atomic mass is 9.96. The highest BCUT2D eigenvalue weighted by atomic mass is 16.2. The monoisotopic (exact) mass is 324 g/mol. The van der Waals surface area contributed by atoms with Crippen molar-refractivity contribution < 1.29 is 9.59 Å². The second-order valence-electron chi connectivity index (χ2n) is 5.76. The first-order chi connectivity index (χ1) is 11.7. The van der Waals surface area contributed by atoms with Crippen LogP contribution in [-0.4, -0.2) is 29.9 Å². The van der Waals surface area contributed by atoms with Crippen molar-refractivity contribution in [3.05, 3.63) is 60.3 Å². The lowest BCUT2D eigenvalue weighted by molar-refractivity contribution is -0.126. The van der Waals surface area contributed by atoms with Crippen molar-refractivity contribution in [2.75, 3.05) is 18.0 Å². The Kier molecular flexibility index (Phi) is 5.05. The molecule has 2 aromatic rings. The fourth-order valence-electron chi connectivity index (χ4n) is 2.79. The molecule has 0 unspecified atom stereocenters. The van der Waals surface area contributed by atoms with Gasteiger partial charge in [-0.1, -0.05) is 24.3 Å². The number of nitrogens with zero attached hydrogens (tertiary/aromatic N) is 2. The van der Waals surface area contributed by atoms with Crippen molar-refractivity contribution in [3.63, 3.8) is 0 Å². The van der Waals surface area contributed by atoms with Gasteiger partial charge in [0.15, 0.2) is 0 Å². The van der Waals surface area contributed by atoms with Gasteiger partial charge in [-0.25, -0.2) is 4.98 Å². The van der Waals surface area contributed by atoms with Crippen LogP contribution >= 0.6 is 0 Å². The number of aromatic nitrogens is 1. The van der Waals surface area contributed by atoms with Gasteiger partial charge >= 0.3 is 0 Å².